The van der Waals surface area contributed by atoms with Crippen LogP contribution in [0, 0.1) is 5.82 Å². The molecule has 0 aromatic heterocycles. The maximum Gasteiger partial charge on any atom is 0.270 e. The molecule has 1 heterocycles. The number of amides is 2. The number of carbonyl (C=O) groups is 2. The molecular weight excluding hydrogens is 411 g/mol. The molecule has 27 heavy (non-hydrogen) atoms. The maximum atomic E-state index is 13.4. The predicted octanol–water partition coefficient (Wildman–Crippen LogP) is 3.75. The Morgan fingerprint density at radius 1 is 1.33 bits per heavy atom. The number of nitrogens with two attached hydrogens (primary N) is 1. The lowest BCUT2D eigenvalue weighted by molar-refractivity contribution is -0.120. The van der Waals surface area contributed by atoms with Crippen LogP contribution in [0.4, 0.5) is 10.1 Å². The van der Waals surface area contributed by atoms with Crippen molar-refractivity contribution in [2.75, 3.05) is 11.5 Å². The van der Waals surface area contributed by atoms with Gasteiger partial charge in [-0.05, 0) is 30.3 Å². The predicted molar refractivity (Wildman–Crippen MR) is 108 cm³/mol. The highest BCUT2D eigenvalue weighted by atomic mass is 35.5. The second-order valence-electron chi connectivity index (χ2n) is 5.41. The van der Waals surface area contributed by atoms with Gasteiger partial charge in [0.25, 0.3) is 11.8 Å². The number of primary amides is 1. The molecule has 0 atom stereocenters. The van der Waals surface area contributed by atoms with Crippen LogP contribution in [0.2, 0.25) is 5.02 Å². The summed E-state index contributed by atoms with van der Waals surface area (Å²) in [6.07, 6.45) is 1.61. The van der Waals surface area contributed by atoms with Crippen LogP contribution in [-0.2, 0) is 9.59 Å². The highest BCUT2D eigenvalue weighted by Gasteiger charge is 2.33. The topological polar surface area (TPSA) is 72.6 Å². The number of thioether (sulfide) groups is 1. The Labute approximate surface area is 168 Å². The van der Waals surface area contributed by atoms with Gasteiger partial charge in [0.15, 0.2) is 10.9 Å². The molecule has 9 heteroatoms. The number of rotatable bonds is 5. The minimum absolute atomic E-state index is 0.101. The zero-order valence-corrected chi connectivity index (χ0v) is 16.0. The van der Waals surface area contributed by atoms with E-state index in [-0.39, 0.29) is 17.5 Å². The number of para-hydroxylation sites is 1. The van der Waals surface area contributed by atoms with Crippen molar-refractivity contribution in [2.45, 2.75) is 0 Å². The van der Waals surface area contributed by atoms with E-state index in [4.69, 9.17) is 34.3 Å². The molecule has 5 nitrogen and oxygen atoms in total. The quantitative estimate of drug-likeness (QED) is 0.587. The van der Waals surface area contributed by atoms with Crippen molar-refractivity contribution < 1.29 is 18.7 Å². The molecule has 0 saturated carbocycles. The maximum absolute atomic E-state index is 13.4. The molecule has 1 saturated heterocycles. The van der Waals surface area contributed by atoms with Crippen molar-refractivity contribution in [3.05, 3.63) is 63.8 Å². The molecule has 1 fully saturated rings. The summed E-state index contributed by atoms with van der Waals surface area (Å²) in [4.78, 5) is 25.4. The van der Waals surface area contributed by atoms with Crippen molar-refractivity contribution in [3.8, 4) is 5.75 Å². The van der Waals surface area contributed by atoms with E-state index >= 15 is 0 Å². The Morgan fingerprint density at radius 3 is 2.78 bits per heavy atom. The van der Waals surface area contributed by atoms with E-state index in [1.165, 1.54) is 23.1 Å². The lowest BCUT2D eigenvalue weighted by atomic mass is 10.2. The van der Waals surface area contributed by atoms with Gasteiger partial charge in [-0.25, -0.2) is 4.39 Å². The first-order chi connectivity index (χ1) is 12.9. The van der Waals surface area contributed by atoms with E-state index in [0.29, 0.717) is 26.2 Å². The van der Waals surface area contributed by atoms with E-state index in [1.807, 2.05) is 0 Å². The van der Waals surface area contributed by atoms with Crippen molar-refractivity contribution in [3.63, 3.8) is 0 Å². The molecule has 0 radical (unpaired) electrons. The molecular formula is C18H12ClFN2O3S2. The van der Waals surface area contributed by atoms with Crippen LogP contribution in [0.5, 0.6) is 5.75 Å². The van der Waals surface area contributed by atoms with Crippen LogP contribution in [0.25, 0.3) is 6.08 Å². The van der Waals surface area contributed by atoms with Gasteiger partial charge >= 0.3 is 0 Å². The number of nitrogens with zero attached hydrogens (tertiary/aromatic N) is 1. The Morgan fingerprint density at radius 2 is 2.07 bits per heavy atom. The highest BCUT2D eigenvalue weighted by molar-refractivity contribution is 8.27. The summed E-state index contributed by atoms with van der Waals surface area (Å²) in [7, 11) is 0. The van der Waals surface area contributed by atoms with Gasteiger partial charge in [-0.3, -0.25) is 14.5 Å². The first-order valence-corrected chi connectivity index (χ1v) is 9.20. The number of ether oxygens (including phenoxy) is 1. The summed E-state index contributed by atoms with van der Waals surface area (Å²) in [5.74, 6) is -1.14. The average molecular weight is 423 g/mol. The van der Waals surface area contributed by atoms with Crippen molar-refractivity contribution in [2.24, 2.45) is 5.73 Å². The molecule has 2 aromatic carbocycles. The number of hydrogen-bond donors (Lipinski definition) is 1. The number of halogens is 2. The lowest BCUT2D eigenvalue weighted by Crippen LogP contribution is -2.27. The fraction of sp³-hybridized carbons (Fsp3) is 0.0556. The second-order valence-corrected chi connectivity index (χ2v) is 7.49. The SMILES string of the molecule is NC(=O)COc1ccccc1/C=C1/SC(=S)N(c2ccc(F)c(Cl)c2)C1=O. The molecule has 0 unspecified atom stereocenters. The number of anilines is 1. The van der Waals surface area contributed by atoms with Gasteiger partial charge < -0.3 is 10.5 Å². The number of benzene rings is 2. The summed E-state index contributed by atoms with van der Waals surface area (Å²) in [5, 5.41) is -0.101. The fourth-order valence-electron chi connectivity index (χ4n) is 2.34. The third kappa shape index (κ3) is 4.29. The van der Waals surface area contributed by atoms with E-state index in [0.717, 1.165) is 11.8 Å². The molecule has 2 aromatic rings. The van der Waals surface area contributed by atoms with Gasteiger partial charge in [0.1, 0.15) is 11.6 Å². The summed E-state index contributed by atoms with van der Waals surface area (Å²) in [5.41, 5.74) is 6.07. The van der Waals surface area contributed by atoms with E-state index in [1.54, 1.807) is 30.3 Å². The minimum Gasteiger partial charge on any atom is -0.483 e. The first kappa shape index (κ1) is 19.3. The number of carbonyl (C=O) groups excluding carboxylic acids is 2. The number of thiocarbonyl (C=S) groups is 1. The second kappa shape index (κ2) is 8.08. The molecule has 2 N–H and O–H groups in total. The molecule has 0 aliphatic carbocycles. The zero-order valence-electron chi connectivity index (χ0n) is 13.6. The van der Waals surface area contributed by atoms with Gasteiger partial charge in [0.2, 0.25) is 0 Å². The average Bonchev–Trinajstić information content (AvgIpc) is 2.90. The van der Waals surface area contributed by atoms with Gasteiger partial charge in [-0.2, -0.15) is 0 Å². The van der Waals surface area contributed by atoms with Crippen LogP contribution in [-0.4, -0.2) is 22.7 Å². The van der Waals surface area contributed by atoms with Gasteiger partial charge in [-0.1, -0.05) is 53.8 Å². The molecule has 0 spiro atoms. The molecule has 3 rings (SSSR count). The Balaban J connectivity index is 1.91. The van der Waals surface area contributed by atoms with E-state index in [2.05, 4.69) is 0 Å². The van der Waals surface area contributed by atoms with E-state index < -0.39 is 11.7 Å². The fourth-order valence-corrected chi connectivity index (χ4v) is 3.80. The van der Waals surface area contributed by atoms with Crippen molar-refractivity contribution >= 4 is 63.5 Å². The molecule has 1 aliphatic heterocycles. The Hall–Kier alpha value is -2.42. The van der Waals surface area contributed by atoms with Crippen LogP contribution in [0.3, 0.4) is 0 Å². The lowest BCUT2D eigenvalue weighted by Gasteiger charge is -2.14. The first-order valence-electron chi connectivity index (χ1n) is 7.60. The van der Waals surface area contributed by atoms with Gasteiger partial charge in [0, 0.05) is 5.56 Å². The summed E-state index contributed by atoms with van der Waals surface area (Å²) in [6.45, 7) is -0.278. The van der Waals surface area contributed by atoms with Gasteiger partial charge in [0.05, 0.1) is 15.6 Å². The third-order valence-electron chi connectivity index (χ3n) is 3.53. The molecule has 2 amide bonds. The monoisotopic (exact) mass is 422 g/mol. The normalized spacial score (nSPS) is 15.5. The van der Waals surface area contributed by atoms with E-state index in [9.17, 15) is 14.0 Å². The van der Waals surface area contributed by atoms with Crippen LogP contribution in [0.1, 0.15) is 5.56 Å². The van der Waals surface area contributed by atoms with Crippen LogP contribution < -0.4 is 15.4 Å². The summed E-state index contributed by atoms with van der Waals surface area (Å²) < 4.78 is 19.0. The van der Waals surface area contributed by atoms with Crippen LogP contribution in [0.15, 0.2) is 47.4 Å². The summed E-state index contributed by atoms with van der Waals surface area (Å²) >= 11 is 12.2. The van der Waals surface area contributed by atoms with Crippen LogP contribution >= 0.6 is 35.6 Å². The highest BCUT2D eigenvalue weighted by Crippen LogP contribution is 2.38. The Bertz CT molecular complexity index is 981. The number of hydrogen-bond acceptors (Lipinski definition) is 5. The molecule has 1 aliphatic rings. The standard InChI is InChI=1S/C18H12ClFN2O3S2/c19-12-8-11(5-6-13(12)20)22-17(24)15(27-18(22)26)7-10-3-1-2-4-14(10)25-9-16(21)23/h1-8H,9H2,(H2,21,23)/b15-7+. The molecule has 138 valence electrons. The largest absolute Gasteiger partial charge is 0.483 e. The van der Waals surface area contributed by atoms with Crippen molar-refractivity contribution in [1.29, 1.82) is 0 Å². The minimum atomic E-state index is -0.607. The van der Waals surface area contributed by atoms with Gasteiger partial charge in [-0.15, -0.1) is 0 Å². The zero-order chi connectivity index (χ0) is 19.6. The molecule has 0 bridgehead atoms. The van der Waals surface area contributed by atoms with Crippen molar-refractivity contribution in [1.82, 2.24) is 0 Å². The smallest absolute Gasteiger partial charge is 0.270 e. The summed E-state index contributed by atoms with van der Waals surface area (Å²) in [6, 6.07) is 10.8. The third-order valence-corrected chi connectivity index (χ3v) is 5.12. The Kier molecular flexibility index (Phi) is 5.79.